The summed E-state index contributed by atoms with van der Waals surface area (Å²) in [7, 11) is 0. The van der Waals surface area contributed by atoms with Gasteiger partial charge in [0.2, 0.25) is 5.91 Å². The van der Waals surface area contributed by atoms with E-state index in [9.17, 15) is 9.90 Å². The molecule has 2 aliphatic heterocycles. The number of carbonyl (C=O) groups excluding carboxylic acids is 1. The smallest absolute Gasteiger partial charge is 0.222 e. The molecule has 1 aromatic rings. The predicted octanol–water partition coefficient (Wildman–Crippen LogP) is 2.82. The fraction of sp³-hybridized carbons (Fsp3) is 0.562. The minimum Gasteiger partial charge on any atom is -0.508 e. The Bertz CT molecular complexity index is 499. The molecule has 0 aliphatic carbocycles. The Morgan fingerprint density at radius 1 is 1.42 bits per heavy atom. The Kier molecular flexibility index (Phi) is 3.00. The second kappa shape index (κ2) is 4.55. The van der Waals surface area contributed by atoms with Crippen molar-refractivity contribution in [2.75, 3.05) is 6.54 Å². The number of carbonyl (C=O) groups is 1. The number of hydrogen-bond acceptors (Lipinski definition) is 2. The van der Waals surface area contributed by atoms with E-state index in [1.54, 1.807) is 6.07 Å². The van der Waals surface area contributed by atoms with Gasteiger partial charge in [-0.1, -0.05) is 19.1 Å². The van der Waals surface area contributed by atoms with Gasteiger partial charge in [-0.05, 0) is 48.8 Å². The monoisotopic (exact) mass is 259 g/mol. The standard InChI is InChI=1S/C16H21NO2/c1-16(12-4-2-6-14(18)10-12)8-9-17-13(11-16)5-3-7-15(17)19/h2,4,6,10,13,18H,3,5,7-9,11H2,1H3/t13-,16-/m0/s1. The van der Waals surface area contributed by atoms with Crippen LogP contribution >= 0.6 is 0 Å². The molecule has 0 spiro atoms. The van der Waals surface area contributed by atoms with E-state index in [0.29, 0.717) is 17.7 Å². The number of aromatic hydroxyl groups is 1. The first kappa shape index (κ1) is 12.5. The number of benzene rings is 1. The lowest BCUT2D eigenvalue weighted by molar-refractivity contribution is -0.139. The second-order valence-corrected chi connectivity index (χ2v) is 6.20. The molecule has 1 aromatic carbocycles. The molecule has 102 valence electrons. The highest BCUT2D eigenvalue weighted by Gasteiger charge is 2.40. The van der Waals surface area contributed by atoms with Crippen LogP contribution in [0.1, 0.15) is 44.6 Å². The maximum atomic E-state index is 11.9. The van der Waals surface area contributed by atoms with E-state index >= 15 is 0 Å². The first-order chi connectivity index (χ1) is 9.08. The van der Waals surface area contributed by atoms with Crippen LogP contribution in [0.2, 0.25) is 0 Å². The Balaban J connectivity index is 1.85. The fourth-order valence-electron chi connectivity index (χ4n) is 3.64. The summed E-state index contributed by atoms with van der Waals surface area (Å²) in [5.74, 6) is 0.662. The molecule has 3 nitrogen and oxygen atoms in total. The van der Waals surface area contributed by atoms with Crippen molar-refractivity contribution >= 4 is 5.91 Å². The molecule has 2 saturated heterocycles. The van der Waals surface area contributed by atoms with Gasteiger partial charge in [-0.25, -0.2) is 0 Å². The van der Waals surface area contributed by atoms with Crippen LogP contribution in [0, 0.1) is 0 Å². The molecule has 1 amide bonds. The maximum Gasteiger partial charge on any atom is 0.222 e. The summed E-state index contributed by atoms with van der Waals surface area (Å²) in [6.45, 7) is 3.12. The summed E-state index contributed by atoms with van der Waals surface area (Å²) in [5.41, 5.74) is 1.28. The van der Waals surface area contributed by atoms with E-state index in [0.717, 1.165) is 38.6 Å². The van der Waals surface area contributed by atoms with Crippen molar-refractivity contribution < 1.29 is 9.90 Å². The summed E-state index contributed by atoms with van der Waals surface area (Å²) in [4.78, 5) is 14.0. The number of piperidine rings is 2. The Hall–Kier alpha value is -1.51. The van der Waals surface area contributed by atoms with Gasteiger partial charge in [0.1, 0.15) is 5.75 Å². The molecular weight excluding hydrogens is 238 g/mol. The molecule has 2 atom stereocenters. The number of rotatable bonds is 1. The Morgan fingerprint density at radius 3 is 3.05 bits per heavy atom. The lowest BCUT2D eigenvalue weighted by Crippen LogP contribution is -2.52. The average molecular weight is 259 g/mol. The van der Waals surface area contributed by atoms with E-state index in [4.69, 9.17) is 0 Å². The maximum absolute atomic E-state index is 11.9. The zero-order chi connectivity index (χ0) is 13.5. The molecule has 2 aliphatic rings. The average Bonchev–Trinajstić information content (AvgIpc) is 2.39. The SMILES string of the molecule is C[C@]1(c2cccc(O)c2)CCN2C(=O)CCC[C@H]2C1. The van der Waals surface area contributed by atoms with E-state index in [2.05, 4.69) is 17.9 Å². The van der Waals surface area contributed by atoms with Crippen LogP contribution in [0.5, 0.6) is 5.75 Å². The number of hydrogen-bond donors (Lipinski definition) is 1. The molecule has 0 aromatic heterocycles. The van der Waals surface area contributed by atoms with Gasteiger partial charge in [0.25, 0.3) is 0 Å². The van der Waals surface area contributed by atoms with Crippen molar-refractivity contribution in [1.29, 1.82) is 0 Å². The third kappa shape index (κ3) is 2.22. The van der Waals surface area contributed by atoms with Gasteiger partial charge in [-0.15, -0.1) is 0 Å². The number of phenolic OH excluding ortho intramolecular Hbond substituents is 1. The third-order valence-corrected chi connectivity index (χ3v) is 4.82. The van der Waals surface area contributed by atoms with E-state index < -0.39 is 0 Å². The quantitative estimate of drug-likeness (QED) is 0.842. The molecule has 19 heavy (non-hydrogen) atoms. The normalized spacial score (nSPS) is 31.1. The summed E-state index contributed by atoms with van der Waals surface area (Å²) in [6.07, 6.45) is 4.87. The molecule has 0 bridgehead atoms. The second-order valence-electron chi connectivity index (χ2n) is 6.20. The molecule has 0 unspecified atom stereocenters. The van der Waals surface area contributed by atoms with Crippen molar-refractivity contribution in [1.82, 2.24) is 4.90 Å². The first-order valence-corrected chi connectivity index (χ1v) is 7.17. The molecular formula is C16H21NO2. The highest BCUT2D eigenvalue weighted by molar-refractivity contribution is 5.77. The molecule has 2 fully saturated rings. The van der Waals surface area contributed by atoms with Crippen LogP contribution < -0.4 is 0 Å². The predicted molar refractivity (Wildman–Crippen MR) is 74.0 cm³/mol. The topological polar surface area (TPSA) is 40.5 Å². The molecule has 0 saturated carbocycles. The summed E-state index contributed by atoms with van der Waals surface area (Å²) in [6, 6.07) is 7.99. The molecule has 3 heteroatoms. The highest BCUT2D eigenvalue weighted by Crippen LogP contribution is 2.41. The van der Waals surface area contributed by atoms with Gasteiger partial charge in [0.15, 0.2) is 0 Å². The lowest BCUT2D eigenvalue weighted by Gasteiger charge is -2.47. The van der Waals surface area contributed by atoms with Crippen molar-refractivity contribution in [3.8, 4) is 5.75 Å². The van der Waals surface area contributed by atoms with Crippen LogP contribution in [0.15, 0.2) is 24.3 Å². The third-order valence-electron chi connectivity index (χ3n) is 4.82. The summed E-state index contributed by atoms with van der Waals surface area (Å²) >= 11 is 0. The van der Waals surface area contributed by atoms with Crippen molar-refractivity contribution in [2.45, 2.75) is 50.5 Å². The summed E-state index contributed by atoms with van der Waals surface area (Å²) < 4.78 is 0. The minimum atomic E-state index is 0.0809. The largest absolute Gasteiger partial charge is 0.508 e. The zero-order valence-electron chi connectivity index (χ0n) is 11.4. The number of amides is 1. The Labute approximate surface area is 114 Å². The van der Waals surface area contributed by atoms with E-state index in [1.807, 2.05) is 12.1 Å². The molecule has 3 rings (SSSR count). The molecule has 1 N–H and O–H groups in total. The zero-order valence-corrected chi connectivity index (χ0v) is 11.4. The van der Waals surface area contributed by atoms with Gasteiger partial charge < -0.3 is 10.0 Å². The van der Waals surface area contributed by atoms with Gasteiger partial charge in [0.05, 0.1) is 0 Å². The lowest BCUT2D eigenvalue weighted by atomic mass is 9.70. The molecule has 2 heterocycles. The van der Waals surface area contributed by atoms with Gasteiger partial charge in [0, 0.05) is 19.0 Å². The first-order valence-electron chi connectivity index (χ1n) is 7.17. The van der Waals surface area contributed by atoms with Crippen LogP contribution in [-0.4, -0.2) is 28.5 Å². The van der Waals surface area contributed by atoms with Gasteiger partial charge in [-0.2, -0.15) is 0 Å². The van der Waals surface area contributed by atoms with Gasteiger partial charge >= 0.3 is 0 Å². The van der Waals surface area contributed by atoms with Crippen molar-refractivity contribution in [3.05, 3.63) is 29.8 Å². The van der Waals surface area contributed by atoms with E-state index in [1.165, 1.54) is 5.56 Å². The number of nitrogens with zero attached hydrogens (tertiary/aromatic N) is 1. The van der Waals surface area contributed by atoms with Gasteiger partial charge in [-0.3, -0.25) is 4.79 Å². The number of phenols is 1. The van der Waals surface area contributed by atoms with Crippen LogP contribution in [0.3, 0.4) is 0 Å². The van der Waals surface area contributed by atoms with Crippen molar-refractivity contribution in [3.63, 3.8) is 0 Å². The fourth-order valence-corrected chi connectivity index (χ4v) is 3.64. The van der Waals surface area contributed by atoms with Crippen LogP contribution in [-0.2, 0) is 10.2 Å². The summed E-state index contributed by atoms with van der Waals surface area (Å²) in [5, 5.41) is 9.67. The van der Waals surface area contributed by atoms with E-state index in [-0.39, 0.29) is 5.41 Å². The van der Waals surface area contributed by atoms with Crippen LogP contribution in [0.25, 0.3) is 0 Å². The van der Waals surface area contributed by atoms with Crippen molar-refractivity contribution in [2.24, 2.45) is 0 Å². The highest BCUT2D eigenvalue weighted by atomic mass is 16.3. The minimum absolute atomic E-state index is 0.0809. The Morgan fingerprint density at radius 2 is 2.26 bits per heavy atom. The van der Waals surface area contributed by atoms with Crippen LogP contribution in [0.4, 0.5) is 0 Å². The molecule has 0 radical (unpaired) electrons. The number of fused-ring (bicyclic) bond motifs is 1.